The van der Waals surface area contributed by atoms with Crippen LogP contribution in [-0.2, 0) is 32.9 Å². The van der Waals surface area contributed by atoms with Gasteiger partial charge in [-0.15, -0.1) is 59.2 Å². The molecular formula is C42H38IrN2O-2. The first-order valence-electron chi connectivity index (χ1n) is 15.6. The molecule has 3 aromatic heterocycles. The van der Waals surface area contributed by atoms with Crippen LogP contribution in [0.3, 0.4) is 0 Å². The fraction of sp³-hybridized carbons (Fsp3) is 0.190. The molecular weight excluding hydrogens is 741 g/mol. The van der Waals surface area contributed by atoms with Crippen LogP contribution in [0.2, 0.25) is 0 Å². The van der Waals surface area contributed by atoms with E-state index in [4.69, 9.17) is 4.42 Å². The molecule has 1 radical (unpaired) electrons. The van der Waals surface area contributed by atoms with Gasteiger partial charge in [0, 0.05) is 37.9 Å². The summed E-state index contributed by atoms with van der Waals surface area (Å²) < 4.78 is 5.91. The Balaban J connectivity index is 0.000000193. The Kier molecular flexibility index (Phi) is 10.6. The predicted octanol–water partition coefficient (Wildman–Crippen LogP) is 10.7. The van der Waals surface area contributed by atoms with Crippen LogP contribution in [0.4, 0.5) is 0 Å². The summed E-state index contributed by atoms with van der Waals surface area (Å²) in [7, 11) is 0. The summed E-state index contributed by atoms with van der Waals surface area (Å²) in [5.74, 6) is 0.669. The Hall–Kier alpha value is -4.37. The van der Waals surface area contributed by atoms with Gasteiger partial charge >= 0.3 is 0 Å². The Bertz CT molecular complexity index is 2060. The number of benzene rings is 4. The maximum absolute atomic E-state index is 5.91. The van der Waals surface area contributed by atoms with Gasteiger partial charge in [0.05, 0.1) is 5.58 Å². The zero-order chi connectivity index (χ0) is 31.3. The van der Waals surface area contributed by atoms with Gasteiger partial charge in [-0.05, 0) is 72.3 Å². The maximum atomic E-state index is 5.91. The molecule has 0 N–H and O–H groups in total. The molecule has 4 heteroatoms. The van der Waals surface area contributed by atoms with Crippen molar-refractivity contribution in [3.63, 3.8) is 0 Å². The minimum atomic E-state index is 0. The molecule has 0 spiro atoms. The standard InChI is InChI=1S/C25H18NO.C17H20N.Ir/c1-17-16-26-23(15-20(17)13-18-7-3-2-4-8-18)19-11-12-25-22(14-19)21-9-5-6-10-24(21)27-25;1-12(2)9-16-11-18-17(10-14(16)4)15-7-5-13(3)6-8-15;/h2-10,12,14-16H,13H2,1H3;5-7,10-12H,9H2,1-4H3;/q2*-1;. The van der Waals surface area contributed by atoms with Crippen molar-refractivity contribution in [3.8, 4) is 22.5 Å². The molecule has 3 heterocycles. The second kappa shape index (κ2) is 14.8. The van der Waals surface area contributed by atoms with E-state index in [-0.39, 0.29) is 20.1 Å². The van der Waals surface area contributed by atoms with Crippen LogP contribution < -0.4 is 0 Å². The molecule has 0 aliphatic carbocycles. The molecule has 0 aliphatic rings. The van der Waals surface area contributed by atoms with Crippen LogP contribution in [0, 0.1) is 38.8 Å². The minimum Gasteiger partial charge on any atom is -0.500 e. The second-order valence-corrected chi connectivity index (χ2v) is 12.3. The molecule has 0 bridgehead atoms. The van der Waals surface area contributed by atoms with E-state index in [1.807, 2.05) is 48.8 Å². The smallest absolute Gasteiger partial charge is 0.120 e. The van der Waals surface area contributed by atoms with Gasteiger partial charge in [0.2, 0.25) is 0 Å². The van der Waals surface area contributed by atoms with Crippen LogP contribution in [0.1, 0.15) is 47.2 Å². The van der Waals surface area contributed by atoms with Crippen molar-refractivity contribution in [1.29, 1.82) is 0 Å². The van der Waals surface area contributed by atoms with Crippen LogP contribution in [-0.4, -0.2) is 9.97 Å². The van der Waals surface area contributed by atoms with E-state index in [1.54, 1.807) is 0 Å². The zero-order valence-electron chi connectivity index (χ0n) is 27.0. The number of aryl methyl sites for hydroxylation is 3. The first kappa shape index (κ1) is 33.0. The quantitative estimate of drug-likeness (QED) is 0.158. The molecule has 0 aliphatic heterocycles. The second-order valence-electron chi connectivity index (χ2n) is 12.3. The van der Waals surface area contributed by atoms with Crippen LogP contribution >= 0.6 is 0 Å². The Morgan fingerprint density at radius 2 is 1.37 bits per heavy atom. The molecule has 0 saturated carbocycles. The molecule has 7 aromatic rings. The third-order valence-corrected chi connectivity index (χ3v) is 8.13. The van der Waals surface area contributed by atoms with E-state index >= 15 is 0 Å². The van der Waals surface area contributed by atoms with Gasteiger partial charge in [-0.1, -0.05) is 92.4 Å². The molecule has 3 nitrogen and oxygen atoms in total. The fourth-order valence-corrected chi connectivity index (χ4v) is 5.58. The van der Waals surface area contributed by atoms with Gasteiger partial charge in [-0.25, -0.2) is 0 Å². The number of aromatic nitrogens is 2. The molecule has 0 atom stereocenters. The number of nitrogens with zero attached hydrogens (tertiary/aromatic N) is 2. The third kappa shape index (κ3) is 7.70. The van der Waals surface area contributed by atoms with Gasteiger partial charge in [-0.3, -0.25) is 0 Å². The van der Waals surface area contributed by atoms with Crippen molar-refractivity contribution in [2.75, 3.05) is 0 Å². The van der Waals surface area contributed by atoms with Crippen LogP contribution in [0.15, 0.2) is 114 Å². The summed E-state index contributed by atoms with van der Waals surface area (Å²) in [4.78, 5) is 9.22. The molecule has 0 saturated heterocycles. The minimum absolute atomic E-state index is 0. The summed E-state index contributed by atoms with van der Waals surface area (Å²) in [6, 6.07) is 39.9. The van der Waals surface area contributed by atoms with Crippen LogP contribution in [0.5, 0.6) is 0 Å². The number of hydrogen-bond acceptors (Lipinski definition) is 3. The number of hydrogen-bond donors (Lipinski definition) is 0. The van der Waals surface area contributed by atoms with Crippen molar-refractivity contribution >= 4 is 21.9 Å². The van der Waals surface area contributed by atoms with E-state index in [9.17, 15) is 0 Å². The van der Waals surface area contributed by atoms with E-state index < -0.39 is 0 Å². The Morgan fingerprint density at radius 1 is 0.652 bits per heavy atom. The normalized spacial score (nSPS) is 10.9. The van der Waals surface area contributed by atoms with E-state index in [2.05, 4.69) is 117 Å². The average Bonchev–Trinajstić information content (AvgIpc) is 3.42. The van der Waals surface area contributed by atoms with Gasteiger partial charge in [0.25, 0.3) is 0 Å². The molecule has 0 unspecified atom stereocenters. The first-order chi connectivity index (χ1) is 21.8. The number of rotatable bonds is 6. The predicted molar refractivity (Wildman–Crippen MR) is 186 cm³/mol. The average molecular weight is 779 g/mol. The van der Waals surface area contributed by atoms with Crippen molar-refractivity contribution in [1.82, 2.24) is 9.97 Å². The van der Waals surface area contributed by atoms with Crippen molar-refractivity contribution in [2.24, 2.45) is 5.92 Å². The molecule has 233 valence electrons. The molecule has 0 fully saturated rings. The number of pyridine rings is 2. The zero-order valence-corrected chi connectivity index (χ0v) is 29.4. The SMILES string of the molecule is Cc1c[c-]c(-c2cc(C)c(CC(C)C)cn2)cc1.Cc1cnc(-c2[c-]cc3oc4ccccc4c3c2)cc1Cc1ccccc1.[Ir]. The van der Waals surface area contributed by atoms with Gasteiger partial charge in [0.1, 0.15) is 5.58 Å². The van der Waals surface area contributed by atoms with Gasteiger partial charge < -0.3 is 14.4 Å². The van der Waals surface area contributed by atoms with Gasteiger partial charge in [0.15, 0.2) is 0 Å². The van der Waals surface area contributed by atoms with Crippen molar-refractivity contribution < 1.29 is 24.5 Å². The topological polar surface area (TPSA) is 38.9 Å². The molecule has 7 rings (SSSR count). The molecule has 4 aromatic carbocycles. The largest absolute Gasteiger partial charge is 0.500 e. The molecule has 46 heavy (non-hydrogen) atoms. The van der Waals surface area contributed by atoms with Gasteiger partial charge in [-0.2, -0.15) is 0 Å². The fourth-order valence-electron chi connectivity index (χ4n) is 5.58. The number of fused-ring (bicyclic) bond motifs is 3. The van der Waals surface area contributed by atoms with Crippen LogP contribution in [0.25, 0.3) is 44.5 Å². The van der Waals surface area contributed by atoms with Crippen molar-refractivity contribution in [2.45, 2.75) is 47.5 Å². The number of para-hydroxylation sites is 1. The van der Waals surface area contributed by atoms with E-state index in [1.165, 1.54) is 33.4 Å². The maximum Gasteiger partial charge on any atom is 0.120 e. The summed E-state index contributed by atoms with van der Waals surface area (Å²) in [5.41, 5.74) is 13.5. The monoisotopic (exact) mass is 779 g/mol. The molecule has 0 amide bonds. The summed E-state index contributed by atoms with van der Waals surface area (Å²) in [5, 5.41) is 2.23. The third-order valence-electron chi connectivity index (χ3n) is 8.13. The number of furan rings is 1. The Labute approximate surface area is 286 Å². The first-order valence-corrected chi connectivity index (χ1v) is 15.6. The Morgan fingerprint density at radius 3 is 2.11 bits per heavy atom. The summed E-state index contributed by atoms with van der Waals surface area (Å²) >= 11 is 0. The summed E-state index contributed by atoms with van der Waals surface area (Å²) in [6.45, 7) is 10.8. The summed E-state index contributed by atoms with van der Waals surface area (Å²) in [6.07, 6.45) is 5.97. The van der Waals surface area contributed by atoms with Crippen molar-refractivity contribution in [3.05, 3.63) is 155 Å². The van der Waals surface area contributed by atoms with E-state index in [0.717, 1.165) is 57.3 Å². The van der Waals surface area contributed by atoms with E-state index in [0.29, 0.717) is 5.92 Å².